The molecule has 1 aliphatic heterocycles. The fourth-order valence-electron chi connectivity index (χ4n) is 2.74. The molecule has 0 aromatic carbocycles. The largest absolute Gasteiger partial charge is 0.317 e. The van der Waals surface area contributed by atoms with Crippen LogP contribution in [-0.4, -0.2) is 37.1 Å². The van der Waals surface area contributed by atoms with Crippen LogP contribution < -0.4 is 5.32 Å². The average molecular weight is 226 g/mol. The van der Waals surface area contributed by atoms with Gasteiger partial charge in [0.1, 0.15) is 0 Å². The topological polar surface area (TPSA) is 15.3 Å². The molecule has 0 radical (unpaired) electrons. The van der Waals surface area contributed by atoms with E-state index in [0.29, 0.717) is 0 Å². The molecule has 0 aliphatic carbocycles. The summed E-state index contributed by atoms with van der Waals surface area (Å²) in [6.07, 6.45) is 6.76. The molecule has 0 aromatic heterocycles. The number of unbranched alkanes of at least 4 members (excludes halogenated alkanes) is 2. The maximum absolute atomic E-state index is 3.47. The highest BCUT2D eigenvalue weighted by Gasteiger charge is 2.24. The van der Waals surface area contributed by atoms with Crippen molar-refractivity contribution in [3.05, 3.63) is 0 Å². The molecule has 2 heteroatoms. The van der Waals surface area contributed by atoms with Gasteiger partial charge in [-0.1, -0.05) is 20.3 Å². The summed E-state index contributed by atoms with van der Waals surface area (Å²) < 4.78 is 0. The van der Waals surface area contributed by atoms with E-state index in [9.17, 15) is 0 Å². The lowest BCUT2D eigenvalue weighted by Crippen LogP contribution is -2.28. The van der Waals surface area contributed by atoms with Gasteiger partial charge in [0.05, 0.1) is 0 Å². The molecular formula is C14H30N2. The monoisotopic (exact) mass is 226 g/mol. The van der Waals surface area contributed by atoms with Crippen molar-refractivity contribution in [2.45, 2.75) is 58.9 Å². The molecule has 1 heterocycles. The molecule has 16 heavy (non-hydrogen) atoms. The van der Waals surface area contributed by atoms with E-state index in [1.54, 1.807) is 0 Å². The van der Waals surface area contributed by atoms with Gasteiger partial charge in [0.15, 0.2) is 0 Å². The molecule has 0 spiro atoms. The van der Waals surface area contributed by atoms with Crippen LogP contribution >= 0.6 is 0 Å². The van der Waals surface area contributed by atoms with Crippen LogP contribution in [0.25, 0.3) is 0 Å². The first-order chi connectivity index (χ1) is 7.74. The second kappa shape index (κ2) is 8.08. The van der Waals surface area contributed by atoms with Gasteiger partial charge in [0.2, 0.25) is 0 Å². The van der Waals surface area contributed by atoms with Crippen LogP contribution in [0.2, 0.25) is 0 Å². The third-order valence-corrected chi connectivity index (χ3v) is 3.64. The molecule has 2 unspecified atom stereocenters. The minimum Gasteiger partial charge on any atom is -0.317 e. The summed E-state index contributed by atoms with van der Waals surface area (Å²) in [5.74, 6) is 0.918. The molecule has 1 fully saturated rings. The van der Waals surface area contributed by atoms with Crippen LogP contribution in [0.5, 0.6) is 0 Å². The Bertz CT molecular complexity index is 170. The minimum atomic E-state index is 0.827. The summed E-state index contributed by atoms with van der Waals surface area (Å²) in [4.78, 5) is 2.67. The Morgan fingerprint density at radius 3 is 2.56 bits per heavy atom. The lowest BCUT2D eigenvalue weighted by atomic mass is 10.1. The van der Waals surface area contributed by atoms with Gasteiger partial charge in [-0.25, -0.2) is 0 Å². The van der Waals surface area contributed by atoms with E-state index in [2.05, 4.69) is 31.0 Å². The number of hydrogen-bond donors (Lipinski definition) is 1. The number of hydrogen-bond acceptors (Lipinski definition) is 2. The molecule has 2 atom stereocenters. The molecule has 2 nitrogen and oxygen atoms in total. The smallest absolute Gasteiger partial charge is 0.00700 e. The molecule has 96 valence electrons. The Kier molecular flexibility index (Phi) is 7.06. The van der Waals surface area contributed by atoms with Crippen LogP contribution in [0.15, 0.2) is 0 Å². The van der Waals surface area contributed by atoms with E-state index >= 15 is 0 Å². The lowest BCUT2D eigenvalue weighted by Gasteiger charge is -2.20. The van der Waals surface area contributed by atoms with E-state index in [-0.39, 0.29) is 0 Å². The van der Waals surface area contributed by atoms with E-state index in [4.69, 9.17) is 0 Å². The first kappa shape index (κ1) is 14.0. The van der Waals surface area contributed by atoms with E-state index < -0.39 is 0 Å². The van der Waals surface area contributed by atoms with Crippen molar-refractivity contribution in [2.24, 2.45) is 5.92 Å². The maximum Gasteiger partial charge on any atom is 0.00700 e. The molecule has 1 N–H and O–H groups in total. The van der Waals surface area contributed by atoms with Crippen molar-refractivity contribution in [2.75, 3.05) is 26.2 Å². The summed E-state index contributed by atoms with van der Waals surface area (Å²) >= 11 is 0. The van der Waals surface area contributed by atoms with Gasteiger partial charge in [-0.15, -0.1) is 0 Å². The van der Waals surface area contributed by atoms with Crippen molar-refractivity contribution in [3.63, 3.8) is 0 Å². The van der Waals surface area contributed by atoms with Crippen molar-refractivity contribution >= 4 is 0 Å². The molecule has 0 aromatic rings. The van der Waals surface area contributed by atoms with Crippen molar-refractivity contribution < 1.29 is 0 Å². The minimum absolute atomic E-state index is 0.827. The van der Waals surface area contributed by atoms with Crippen LogP contribution in [-0.2, 0) is 0 Å². The zero-order valence-corrected chi connectivity index (χ0v) is 11.5. The molecule has 0 saturated carbocycles. The summed E-state index contributed by atoms with van der Waals surface area (Å²) in [5.41, 5.74) is 0. The maximum atomic E-state index is 3.47. The summed E-state index contributed by atoms with van der Waals surface area (Å²) in [7, 11) is 0. The predicted molar refractivity (Wildman–Crippen MR) is 71.8 cm³/mol. The van der Waals surface area contributed by atoms with Gasteiger partial charge in [0, 0.05) is 12.6 Å². The normalized spacial score (nSPS) is 26.4. The third-order valence-electron chi connectivity index (χ3n) is 3.64. The first-order valence-corrected chi connectivity index (χ1v) is 7.18. The Balaban J connectivity index is 1.91. The summed E-state index contributed by atoms with van der Waals surface area (Å²) in [6.45, 7) is 12.0. The van der Waals surface area contributed by atoms with Gasteiger partial charge >= 0.3 is 0 Å². The quantitative estimate of drug-likeness (QED) is 0.640. The number of nitrogens with one attached hydrogen (secondary N) is 1. The molecule has 1 rings (SSSR count). The van der Waals surface area contributed by atoms with Gasteiger partial charge in [-0.3, -0.25) is 0 Å². The SMILES string of the molecule is CCCNCCCCCN1CC(C)CC1C. The fourth-order valence-corrected chi connectivity index (χ4v) is 2.74. The number of rotatable bonds is 8. The average Bonchev–Trinajstić information content (AvgIpc) is 2.56. The van der Waals surface area contributed by atoms with Crippen molar-refractivity contribution in [1.82, 2.24) is 10.2 Å². The Hall–Kier alpha value is -0.0800. The second-order valence-electron chi connectivity index (χ2n) is 5.50. The van der Waals surface area contributed by atoms with Crippen LogP contribution in [0.4, 0.5) is 0 Å². The predicted octanol–water partition coefficient (Wildman–Crippen LogP) is 2.89. The van der Waals surface area contributed by atoms with E-state index in [0.717, 1.165) is 12.0 Å². The number of nitrogens with zero attached hydrogens (tertiary/aromatic N) is 1. The van der Waals surface area contributed by atoms with Crippen molar-refractivity contribution in [1.29, 1.82) is 0 Å². The highest BCUT2D eigenvalue weighted by atomic mass is 15.2. The van der Waals surface area contributed by atoms with Crippen molar-refractivity contribution in [3.8, 4) is 0 Å². The Labute approximate surface area is 102 Å². The molecule has 0 amide bonds. The highest BCUT2D eigenvalue weighted by molar-refractivity contribution is 4.79. The van der Waals surface area contributed by atoms with Gasteiger partial charge < -0.3 is 10.2 Å². The number of likely N-dealkylation sites (tertiary alicyclic amines) is 1. The zero-order valence-electron chi connectivity index (χ0n) is 11.5. The van der Waals surface area contributed by atoms with Crippen LogP contribution in [0, 0.1) is 5.92 Å². The van der Waals surface area contributed by atoms with Crippen LogP contribution in [0.1, 0.15) is 52.9 Å². The molecule has 1 aliphatic rings. The molecule has 1 saturated heterocycles. The zero-order chi connectivity index (χ0) is 11.8. The van der Waals surface area contributed by atoms with Crippen LogP contribution in [0.3, 0.4) is 0 Å². The molecular weight excluding hydrogens is 196 g/mol. The van der Waals surface area contributed by atoms with Gasteiger partial charge in [-0.05, 0) is 58.2 Å². The summed E-state index contributed by atoms with van der Waals surface area (Å²) in [6, 6.07) is 0.827. The second-order valence-corrected chi connectivity index (χ2v) is 5.50. The summed E-state index contributed by atoms with van der Waals surface area (Å²) in [5, 5.41) is 3.47. The first-order valence-electron chi connectivity index (χ1n) is 7.18. The molecule has 0 bridgehead atoms. The standard InChI is InChI=1S/C14H30N2/c1-4-8-15-9-6-5-7-10-16-12-13(2)11-14(16)3/h13-15H,4-12H2,1-3H3. The van der Waals surface area contributed by atoms with Gasteiger partial charge in [-0.2, -0.15) is 0 Å². The Morgan fingerprint density at radius 2 is 1.94 bits per heavy atom. The third kappa shape index (κ3) is 5.31. The highest BCUT2D eigenvalue weighted by Crippen LogP contribution is 2.22. The van der Waals surface area contributed by atoms with Gasteiger partial charge in [0.25, 0.3) is 0 Å². The fraction of sp³-hybridized carbons (Fsp3) is 1.00. The lowest BCUT2D eigenvalue weighted by molar-refractivity contribution is 0.259. The van der Waals surface area contributed by atoms with E-state index in [1.807, 2.05) is 0 Å². The Morgan fingerprint density at radius 1 is 1.12 bits per heavy atom. The van der Waals surface area contributed by atoms with E-state index in [1.165, 1.54) is 58.3 Å².